The van der Waals surface area contributed by atoms with Gasteiger partial charge in [0.25, 0.3) is 0 Å². The molecule has 142 valence electrons. The quantitative estimate of drug-likeness (QED) is 0.698. The van der Waals surface area contributed by atoms with Crippen LogP contribution in [-0.2, 0) is 20.2 Å². The number of nitrogens with two attached hydrogens (primary N) is 1. The first-order chi connectivity index (χ1) is 13.4. The monoisotopic (exact) mass is 392 g/mol. The fourth-order valence-corrected chi connectivity index (χ4v) is 4.33. The van der Waals surface area contributed by atoms with Gasteiger partial charge in [0, 0.05) is 11.1 Å². The molecule has 1 aliphatic rings. The Balaban J connectivity index is 1.60. The van der Waals surface area contributed by atoms with E-state index in [1.54, 1.807) is 12.1 Å². The first-order valence-corrected chi connectivity index (χ1v) is 10.5. The standard InChI is InChI=1S/C22H20N2O3S/c23-28(26,27)19-13-11-18(12-14-19)24-21(25)20-15-22(20,16-7-3-1-4-8-16)17-9-5-2-6-10-17/h1-14,20H,15H2,(H,24,25)(H2,23,26,27)/t20-/m0/s1. The maximum absolute atomic E-state index is 13.0. The Morgan fingerprint density at radius 2 is 1.36 bits per heavy atom. The van der Waals surface area contributed by atoms with Crippen molar-refractivity contribution in [3.05, 3.63) is 96.1 Å². The summed E-state index contributed by atoms with van der Waals surface area (Å²) in [5.41, 5.74) is 2.43. The summed E-state index contributed by atoms with van der Waals surface area (Å²) in [5, 5.41) is 8.02. The van der Waals surface area contributed by atoms with Crippen molar-refractivity contribution >= 4 is 21.6 Å². The predicted octanol–water partition coefficient (Wildman–Crippen LogP) is 3.28. The number of carbonyl (C=O) groups excluding carboxylic acids is 1. The normalized spacial score (nSPS) is 17.7. The lowest BCUT2D eigenvalue weighted by Crippen LogP contribution is -2.22. The van der Waals surface area contributed by atoms with E-state index in [2.05, 4.69) is 29.6 Å². The molecule has 1 aliphatic carbocycles. The van der Waals surface area contributed by atoms with Gasteiger partial charge in [-0.25, -0.2) is 13.6 Å². The highest BCUT2D eigenvalue weighted by atomic mass is 32.2. The van der Waals surface area contributed by atoms with Gasteiger partial charge in [-0.1, -0.05) is 60.7 Å². The number of sulfonamides is 1. The minimum Gasteiger partial charge on any atom is -0.326 e. The number of rotatable bonds is 5. The lowest BCUT2D eigenvalue weighted by Gasteiger charge is -2.19. The number of amides is 1. The van der Waals surface area contributed by atoms with Crippen LogP contribution in [-0.4, -0.2) is 14.3 Å². The lowest BCUT2D eigenvalue weighted by molar-refractivity contribution is -0.117. The number of carbonyl (C=O) groups is 1. The first kappa shape index (κ1) is 18.4. The van der Waals surface area contributed by atoms with Gasteiger partial charge in [-0.15, -0.1) is 0 Å². The third kappa shape index (κ3) is 3.32. The van der Waals surface area contributed by atoms with Crippen molar-refractivity contribution in [1.29, 1.82) is 0 Å². The summed E-state index contributed by atoms with van der Waals surface area (Å²) < 4.78 is 22.7. The second kappa shape index (κ2) is 6.89. The van der Waals surface area contributed by atoms with Gasteiger partial charge in [-0.05, 0) is 41.8 Å². The molecule has 4 rings (SSSR count). The highest BCUT2D eigenvalue weighted by Gasteiger charge is 2.60. The van der Waals surface area contributed by atoms with Crippen molar-refractivity contribution in [1.82, 2.24) is 0 Å². The third-order valence-corrected chi connectivity index (χ3v) is 6.23. The van der Waals surface area contributed by atoms with Crippen molar-refractivity contribution in [2.45, 2.75) is 16.7 Å². The van der Waals surface area contributed by atoms with Crippen molar-refractivity contribution in [3.63, 3.8) is 0 Å². The second-order valence-electron chi connectivity index (χ2n) is 7.02. The molecule has 3 N–H and O–H groups in total. The molecule has 0 saturated heterocycles. The van der Waals surface area contributed by atoms with Gasteiger partial charge >= 0.3 is 0 Å². The van der Waals surface area contributed by atoms with Gasteiger partial charge in [0.15, 0.2) is 0 Å². The van der Waals surface area contributed by atoms with E-state index in [4.69, 9.17) is 5.14 Å². The Bertz CT molecular complexity index is 1060. The zero-order valence-corrected chi connectivity index (χ0v) is 15.9. The lowest BCUT2D eigenvalue weighted by atomic mass is 9.85. The largest absolute Gasteiger partial charge is 0.326 e. The summed E-state index contributed by atoms with van der Waals surface area (Å²) in [6.07, 6.45) is 0.724. The van der Waals surface area contributed by atoms with Crippen LogP contribution in [0.2, 0.25) is 0 Å². The molecule has 5 nitrogen and oxygen atoms in total. The van der Waals surface area contributed by atoms with Crippen LogP contribution in [0.5, 0.6) is 0 Å². The molecule has 3 aromatic carbocycles. The zero-order valence-electron chi connectivity index (χ0n) is 15.1. The van der Waals surface area contributed by atoms with Crippen molar-refractivity contribution in [2.24, 2.45) is 11.1 Å². The molecule has 1 saturated carbocycles. The van der Waals surface area contributed by atoms with Crippen molar-refractivity contribution in [3.8, 4) is 0 Å². The summed E-state index contributed by atoms with van der Waals surface area (Å²) in [5.74, 6) is -0.286. The molecule has 0 heterocycles. The van der Waals surface area contributed by atoms with Crippen LogP contribution >= 0.6 is 0 Å². The van der Waals surface area contributed by atoms with Crippen molar-refractivity contribution in [2.75, 3.05) is 5.32 Å². The molecule has 0 aliphatic heterocycles. The fraction of sp³-hybridized carbons (Fsp3) is 0.136. The maximum Gasteiger partial charge on any atom is 0.238 e. The second-order valence-corrected chi connectivity index (χ2v) is 8.58. The van der Waals surface area contributed by atoms with Crippen LogP contribution in [0.3, 0.4) is 0 Å². The van der Waals surface area contributed by atoms with E-state index in [-0.39, 0.29) is 22.1 Å². The fourth-order valence-electron chi connectivity index (χ4n) is 3.81. The number of anilines is 1. The average Bonchev–Trinajstić information content (AvgIpc) is 3.46. The van der Waals surface area contributed by atoms with E-state index in [1.165, 1.54) is 12.1 Å². The van der Waals surface area contributed by atoms with Crippen LogP contribution in [0.1, 0.15) is 17.5 Å². The number of nitrogens with one attached hydrogen (secondary N) is 1. The Labute approximate surface area is 164 Å². The SMILES string of the molecule is NS(=O)(=O)c1ccc(NC(=O)[C@@H]2CC2(c2ccccc2)c2ccccc2)cc1. The van der Waals surface area contributed by atoms with Crippen LogP contribution in [0.4, 0.5) is 5.69 Å². The van der Waals surface area contributed by atoms with E-state index in [0.29, 0.717) is 5.69 Å². The smallest absolute Gasteiger partial charge is 0.238 e. The number of benzene rings is 3. The zero-order chi connectivity index (χ0) is 19.8. The summed E-state index contributed by atoms with van der Waals surface area (Å²) >= 11 is 0. The molecule has 0 unspecified atom stereocenters. The van der Waals surface area contributed by atoms with Gasteiger partial charge in [0.2, 0.25) is 15.9 Å². The van der Waals surface area contributed by atoms with E-state index >= 15 is 0 Å². The number of primary sulfonamides is 1. The van der Waals surface area contributed by atoms with Gasteiger partial charge in [0.1, 0.15) is 0 Å². The molecular weight excluding hydrogens is 372 g/mol. The highest BCUT2D eigenvalue weighted by molar-refractivity contribution is 7.89. The Kier molecular flexibility index (Phi) is 4.53. The molecule has 0 aromatic heterocycles. The molecule has 0 bridgehead atoms. The van der Waals surface area contributed by atoms with Gasteiger partial charge < -0.3 is 5.32 Å². The van der Waals surface area contributed by atoms with Crippen LogP contribution in [0, 0.1) is 5.92 Å². The summed E-state index contributed by atoms with van der Waals surface area (Å²) in [6.45, 7) is 0. The molecular formula is C22H20N2O3S. The Morgan fingerprint density at radius 3 is 1.82 bits per heavy atom. The van der Waals surface area contributed by atoms with Gasteiger partial charge in [0.05, 0.1) is 10.8 Å². The van der Waals surface area contributed by atoms with Crippen molar-refractivity contribution < 1.29 is 13.2 Å². The molecule has 1 amide bonds. The summed E-state index contributed by atoms with van der Waals surface area (Å²) in [7, 11) is -3.76. The topological polar surface area (TPSA) is 89.3 Å². The van der Waals surface area contributed by atoms with E-state index in [9.17, 15) is 13.2 Å². The molecule has 1 atom stereocenters. The summed E-state index contributed by atoms with van der Waals surface area (Å²) in [6, 6.07) is 26.0. The molecule has 3 aromatic rings. The van der Waals surface area contributed by atoms with E-state index in [0.717, 1.165) is 17.5 Å². The third-order valence-electron chi connectivity index (χ3n) is 5.31. The van der Waals surface area contributed by atoms with Crippen LogP contribution < -0.4 is 10.5 Å². The first-order valence-electron chi connectivity index (χ1n) is 8.96. The molecule has 6 heteroatoms. The molecule has 0 radical (unpaired) electrons. The molecule has 1 fully saturated rings. The van der Waals surface area contributed by atoms with E-state index < -0.39 is 10.0 Å². The Morgan fingerprint density at radius 1 is 0.857 bits per heavy atom. The highest BCUT2D eigenvalue weighted by Crippen LogP contribution is 2.59. The van der Waals surface area contributed by atoms with Gasteiger partial charge in [-0.3, -0.25) is 4.79 Å². The van der Waals surface area contributed by atoms with Gasteiger partial charge in [-0.2, -0.15) is 0 Å². The van der Waals surface area contributed by atoms with Crippen LogP contribution in [0.25, 0.3) is 0 Å². The number of hydrogen-bond acceptors (Lipinski definition) is 3. The molecule has 28 heavy (non-hydrogen) atoms. The minimum absolute atomic E-state index is 0.0137. The molecule has 0 spiro atoms. The Hall–Kier alpha value is -2.96. The minimum atomic E-state index is -3.76. The number of hydrogen-bond donors (Lipinski definition) is 2. The van der Waals surface area contributed by atoms with E-state index in [1.807, 2.05) is 36.4 Å². The predicted molar refractivity (Wildman–Crippen MR) is 108 cm³/mol. The average molecular weight is 392 g/mol. The van der Waals surface area contributed by atoms with Crippen LogP contribution in [0.15, 0.2) is 89.8 Å². The summed E-state index contributed by atoms with van der Waals surface area (Å²) in [4.78, 5) is 13.0. The maximum atomic E-state index is 13.0.